The minimum absolute atomic E-state index is 0.233. The van der Waals surface area contributed by atoms with Crippen LogP contribution < -0.4 is 4.90 Å². The maximum Gasteiger partial charge on any atom is 0.169 e. The van der Waals surface area contributed by atoms with Crippen molar-refractivity contribution in [3.8, 4) is 6.07 Å². The van der Waals surface area contributed by atoms with Gasteiger partial charge in [0, 0.05) is 20.2 Å². The molecule has 0 fully saturated rings. The molecule has 5 nitrogen and oxygen atoms in total. The summed E-state index contributed by atoms with van der Waals surface area (Å²) in [7, 11) is 1.92. The number of aliphatic hydroxyl groups is 1. The summed E-state index contributed by atoms with van der Waals surface area (Å²) < 4.78 is 0. The van der Waals surface area contributed by atoms with E-state index in [0.29, 0.717) is 11.4 Å². The normalized spacial score (nSPS) is 10.2. The van der Waals surface area contributed by atoms with Gasteiger partial charge in [0.15, 0.2) is 5.82 Å². The fraction of sp³-hybridized carbons (Fsp3) is 0.615. The zero-order valence-electron chi connectivity index (χ0n) is 11.3. The van der Waals surface area contributed by atoms with Gasteiger partial charge >= 0.3 is 0 Å². The molecule has 1 aromatic heterocycles. The van der Waals surface area contributed by atoms with E-state index in [1.807, 2.05) is 25.8 Å². The lowest BCUT2D eigenvalue weighted by molar-refractivity contribution is 0.283. The molecule has 98 valence electrons. The molecule has 0 spiro atoms. The number of aryl methyl sites for hydroxylation is 1. The summed E-state index contributed by atoms with van der Waals surface area (Å²) in [4.78, 5) is 1.95. The van der Waals surface area contributed by atoms with Crippen molar-refractivity contribution in [3.63, 3.8) is 0 Å². The van der Waals surface area contributed by atoms with Gasteiger partial charge in [-0.25, -0.2) is 0 Å². The zero-order chi connectivity index (χ0) is 13.5. The lowest BCUT2D eigenvalue weighted by Gasteiger charge is -2.19. The van der Waals surface area contributed by atoms with Crippen LogP contribution in [0.15, 0.2) is 0 Å². The highest BCUT2D eigenvalue weighted by Crippen LogP contribution is 2.20. The Labute approximate surface area is 108 Å². The minimum atomic E-state index is 0.233. The predicted octanol–water partition coefficient (Wildman–Crippen LogP) is 1.56. The van der Waals surface area contributed by atoms with E-state index in [4.69, 9.17) is 5.11 Å². The molecule has 0 radical (unpaired) electrons. The maximum atomic E-state index is 9.20. The van der Waals surface area contributed by atoms with Crippen LogP contribution in [0.2, 0.25) is 0 Å². The Morgan fingerprint density at radius 3 is 2.56 bits per heavy atom. The Hall–Kier alpha value is -1.67. The molecule has 0 atom stereocenters. The van der Waals surface area contributed by atoms with Crippen LogP contribution in [0.25, 0.3) is 0 Å². The fourth-order valence-corrected chi connectivity index (χ4v) is 1.74. The Morgan fingerprint density at radius 1 is 1.22 bits per heavy atom. The quantitative estimate of drug-likeness (QED) is 0.773. The van der Waals surface area contributed by atoms with Gasteiger partial charge in [-0.1, -0.05) is 0 Å². The van der Waals surface area contributed by atoms with Crippen LogP contribution >= 0.6 is 0 Å². The SMILES string of the molecule is Cc1nnc(N(C)CCCCCO)c(C#N)c1C. The Bertz CT molecular complexity index is 439. The summed E-state index contributed by atoms with van der Waals surface area (Å²) in [6.45, 7) is 4.79. The Morgan fingerprint density at radius 2 is 1.94 bits per heavy atom. The van der Waals surface area contributed by atoms with Gasteiger partial charge in [-0.05, 0) is 38.7 Å². The highest BCUT2D eigenvalue weighted by molar-refractivity contribution is 5.56. The van der Waals surface area contributed by atoms with Gasteiger partial charge in [0.1, 0.15) is 11.6 Å². The summed E-state index contributed by atoms with van der Waals surface area (Å²) in [6.07, 6.45) is 2.76. The van der Waals surface area contributed by atoms with Crippen LogP contribution in [-0.4, -0.2) is 35.5 Å². The van der Waals surface area contributed by atoms with E-state index in [1.54, 1.807) is 0 Å². The summed E-state index contributed by atoms with van der Waals surface area (Å²) in [5, 5.41) is 26.1. The predicted molar refractivity (Wildman–Crippen MR) is 70.4 cm³/mol. The summed E-state index contributed by atoms with van der Waals surface area (Å²) >= 11 is 0. The van der Waals surface area contributed by atoms with Crippen LogP contribution in [0.5, 0.6) is 0 Å². The van der Waals surface area contributed by atoms with Crippen LogP contribution in [-0.2, 0) is 0 Å². The minimum Gasteiger partial charge on any atom is -0.396 e. The van der Waals surface area contributed by atoms with Crippen molar-refractivity contribution in [1.82, 2.24) is 10.2 Å². The van der Waals surface area contributed by atoms with E-state index < -0.39 is 0 Å². The van der Waals surface area contributed by atoms with Crippen LogP contribution in [0.1, 0.15) is 36.1 Å². The number of rotatable bonds is 6. The van der Waals surface area contributed by atoms with E-state index in [9.17, 15) is 5.26 Å². The van der Waals surface area contributed by atoms with Crippen molar-refractivity contribution in [1.29, 1.82) is 5.26 Å². The second kappa shape index (κ2) is 6.92. The van der Waals surface area contributed by atoms with Crippen molar-refractivity contribution in [2.24, 2.45) is 0 Å². The molecule has 18 heavy (non-hydrogen) atoms. The molecule has 0 amide bonds. The van der Waals surface area contributed by atoms with Crippen molar-refractivity contribution < 1.29 is 5.11 Å². The smallest absolute Gasteiger partial charge is 0.169 e. The first-order valence-electron chi connectivity index (χ1n) is 6.17. The number of hydrogen-bond acceptors (Lipinski definition) is 5. The van der Waals surface area contributed by atoms with E-state index in [0.717, 1.165) is 37.1 Å². The number of unbranched alkanes of at least 4 members (excludes halogenated alkanes) is 2. The number of aliphatic hydroxyl groups excluding tert-OH is 1. The molecule has 5 heteroatoms. The number of hydrogen-bond donors (Lipinski definition) is 1. The summed E-state index contributed by atoms with van der Waals surface area (Å²) in [5.41, 5.74) is 2.29. The second-order valence-electron chi connectivity index (χ2n) is 4.43. The van der Waals surface area contributed by atoms with Crippen LogP contribution in [0, 0.1) is 25.2 Å². The lowest BCUT2D eigenvalue weighted by atomic mass is 10.1. The number of nitrogens with zero attached hydrogens (tertiary/aromatic N) is 4. The second-order valence-corrected chi connectivity index (χ2v) is 4.43. The zero-order valence-corrected chi connectivity index (χ0v) is 11.3. The van der Waals surface area contributed by atoms with Gasteiger partial charge in [-0.15, -0.1) is 5.10 Å². The molecule has 0 unspecified atom stereocenters. The monoisotopic (exact) mass is 248 g/mol. The molecule has 1 rings (SSSR count). The molecule has 1 N–H and O–H groups in total. The van der Waals surface area contributed by atoms with E-state index >= 15 is 0 Å². The number of aromatic nitrogens is 2. The first kappa shape index (κ1) is 14.4. The topological polar surface area (TPSA) is 73.0 Å². The molecule has 1 aromatic rings. The average Bonchev–Trinajstić information content (AvgIpc) is 2.37. The molecular formula is C13H20N4O. The maximum absolute atomic E-state index is 9.20. The van der Waals surface area contributed by atoms with Gasteiger partial charge in [0.25, 0.3) is 0 Å². The largest absolute Gasteiger partial charge is 0.396 e. The Balaban J connectivity index is 2.77. The molecule has 0 aliphatic carbocycles. The molecule has 0 saturated heterocycles. The van der Waals surface area contributed by atoms with Crippen LogP contribution in [0.4, 0.5) is 5.82 Å². The highest BCUT2D eigenvalue weighted by atomic mass is 16.2. The third-order valence-corrected chi connectivity index (χ3v) is 3.06. The van der Waals surface area contributed by atoms with E-state index in [-0.39, 0.29) is 6.61 Å². The third-order valence-electron chi connectivity index (χ3n) is 3.06. The number of anilines is 1. The third kappa shape index (κ3) is 3.41. The van der Waals surface area contributed by atoms with Crippen LogP contribution in [0.3, 0.4) is 0 Å². The van der Waals surface area contributed by atoms with Crippen molar-refractivity contribution >= 4 is 5.82 Å². The average molecular weight is 248 g/mol. The lowest BCUT2D eigenvalue weighted by Crippen LogP contribution is -2.22. The molecule has 1 heterocycles. The molecular weight excluding hydrogens is 228 g/mol. The molecule has 0 aromatic carbocycles. The first-order valence-corrected chi connectivity index (χ1v) is 6.17. The fourth-order valence-electron chi connectivity index (χ4n) is 1.74. The van der Waals surface area contributed by atoms with Crippen molar-refractivity contribution in [2.45, 2.75) is 33.1 Å². The van der Waals surface area contributed by atoms with Gasteiger partial charge in [-0.2, -0.15) is 10.4 Å². The van der Waals surface area contributed by atoms with Crippen molar-refractivity contribution in [3.05, 3.63) is 16.8 Å². The first-order chi connectivity index (χ1) is 8.61. The molecule has 0 aliphatic heterocycles. The summed E-state index contributed by atoms with van der Waals surface area (Å²) in [6, 6.07) is 2.20. The Kier molecular flexibility index (Phi) is 5.53. The van der Waals surface area contributed by atoms with Gasteiger partial charge in [-0.3, -0.25) is 0 Å². The molecule has 0 bridgehead atoms. The summed E-state index contributed by atoms with van der Waals surface area (Å²) in [5.74, 6) is 0.643. The van der Waals surface area contributed by atoms with Gasteiger partial charge < -0.3 is 10.0 Å². The number of nitriles is 1. The van der Waals surface area contributed by atoms with E-state index in [2.05, 4.69) is 16.3 Å². The van der Waals surface area contributed by atoms with Crippen molar-refractivity contribution in [2.75, 3.05) is 25.1 Å². The van der Waals surface area contributed by atoms with Gasteiger partial charge in [0.2, 0.25) is 0 Å². The standard InChI is InChI=1S/C13H20N4O/c1-10-11(2)15-16-13(12(10)9-14)17(3)7-5-4-6-8-18/h18H,4-8H2,1-3H3. The van der Waals surface area contributed by atoms with E-state index in [1.165, 1.54) is 0 Å². The molecule has 0 aliphatic rings. The van der Waals surface area contributed by atoms with Gasteiger partial charge in [0.05, 0.1) is 5.69 Å². The molecule has 0 saturated carbocycles. The highest BCUT2D eigenvalue weighted by Gasteiger charge is 2.13.